The molecule has 6 aromatic carbocycles. The van der Waals surface area contributed by atoms with Gasteiger partial charge < -0.3 is 0 Å². The van der Waals surface area contributed by atoms with Crippen LogP contribution in [0.4, 0.5) is 0 Å². The van der Waals surface area contributed by atoms with Crippen molar-refractivity contribution in [3.8, 4) is 44.9 Å². The minimum atomic E-state index is 0.740. The van der Waals surface area contributed by atoms with Gasteiger partial charge in [0.1, 0.15) is 0 Å². The van der Waals surface area contributed by atoms with E-state index in [-0.39, 0.29) is 0 Å². The highest BCUT2D eigenvalue weighted by molar-refractivity contribution is 7.26. The molecule has 0 saturated heterocycles. The third-order valence-corrected chi connectivity index (χ3v) is 8.83. The number of nitrogens with zero attached hydrogens (tertiary/aromatic N) is 2. The molecule has 0 saturated carbocycles. The van der Waals surface area contributed by atoms with E-state index < -0.39 is 0 Å². The van der Waals surface area contributed by atoms with Crippen molar-refractivity contribution in [1.29, 1.82) is 0 Å². The summed E-state index contributed by atoms with van der Waals surface area (Å²) >= 11 is 1.76. The maximum atomic E-state index is 5.26. The molecule has 3 heteroatoms. The molecule has 0 aliphatic heterocycles. The Kier molecular flexibility index (Phi) is 5.68. The number of hydrogen-bond acceptors (Lipinski definition) is 3. The minimum absolute atomic E-state index is 0.740. The number of hydrogen-bond donors (Lipinski definition) is 0. The van der Waals surface area contributed by atoms with Gasteiger partial charge in [-0.15, -0.1) is 11.3 Å². The first-order valence-electron chi connectivity index (χ1n) is 13.7. The van der Waals surface area contributed by atoms with Gasteiger partial charge in [-0.25, -0.2) is 9.97 Å². The van der Waals surface area contributed by atoms with Crippen LogP contribution in [0, 0.1) is 0 Å². The molecule has 2 heterocycles. The summed E-state index contributed by atoms with van der Waals surface area (Å²) in [7, 11) is 0. The number of rotatable bonds is 4. The first-order valence-corrected chi connectivity index (χ1v) is 14.6. The molecule has 8 rings (SSSR count). The second kappa shape index (κ2) is 9.81. The molecule has 0 aliphatic carbocycles. The summed E-state index contributed by atoms with van der Waals surface area (Å²) in [6.07, 6.45) is 0. The van der Waals surface area contributed by atoms with Gasteiger partial charge in [-0.3, -0.25) is 0 Å². The molecule has 0 fully saturated rings. The monoisotopic (exact) mass is 540 g/mol. The predicted octanol–water partition coefficient (Wildman–Crippen LogP) is 10.7. The second-order valence-corrected chi connectivity index (χ2v) is 11.3. The molecule has 41 heavy (non-hydrogen) atoms. The molecule has 192 valence electrons. The van der Waals surface area contributed by atoms with Gasteiger partial charge in [0.05, 0.1) is 15.9 Å². The molecule has 8 aromatic rings. The van der Waals surface area contributed by atoms with Crippen LogP contribution < -0.4 is 0 Å². The molecule has 0 bridgehead atoms. The lowest BCUT2D eigenvalue weighted by Crippen LogP contribution is -1.94. The Bertz CT molecular complexity index is 2210. The van der Waals surface area contributed by atoms with Gasteiger partial charge in [0.15, 0.2) is 5.82 Å². The molecular formula is C38H24N2S. The van der Waals surface area contributed by atoms with E-state index in [4.69, 9.17) is 9.97 Å². The van der Waals surface area contributed by atoms with Gasteiger partial charge in [0.25, 0.3) is 0 Å². The summed E-state index contributed by atoms with van der Waals surface area (Å²) < 4.78 is 2.34. The van der Waals surface area contributed by atoms with Crippen LogP contribution in [0.2, 0.25) is 0 Å². The zero-order valence-corrected chi connectivity index (χ0v) is 23.0. The van der Waals surface area contributed by atoms with Crippen LogP contribution in [0.5, 0.6) is 0 Å². The smallest absolute Gasteiger partial charge is 0.160 e. The van der Waals surface area contributed by atoms with Gasteiger partial charge in [-0.05, 0) is 57.3 Å². The Labute approximate surface area is 242 Å². The van der Waals surface area contributed by atoms with Crippen molar-refractivity contribution in [3.63, 3.8) is 0 Å². The molecule has 0 atom stereocenters. The standard InChI is InChI=1S/C38H24N2S/c1-2-10-25(11-3-1)28-14-8-16-31(23-28)35-37-36(33-18-6-7-19-34(33)41-37)40-38(39-35)32-17-9-15-29(24-32)30-21-20-26-12-4-5-13-27(26)22-30/h1-24H. The highest BCUT2D eigenvalue weighted by atomic mass is 32.1. The average molecular weight is 541 g/mol. The van der Waals surface area contributed by atoms with Crippen LogP contribution in [0.25, 0.3) is 76.0 Å². The summed E-state index contributed by atoms with van der Waals surface area (Å²) in [5.41, 5.74) is 8.79. The molecule has 0 unspecified atom stereocenters. The van der Waals surface area contributed by atoms with Gasteiger partial charge in [-0.1, -0.05) is 121 Å². The third kappa shape index (κ3) is 4.28. The van der Waals surface area contributed by atoms with Crippen LogP contribution in [0.3, 0.4) is 0 Å². The second-order valence-electron chi connectivity index (χ2n) is 10.3. The number of fused-ring (bicyclic) bond motifs is 4. The van der Waals surface area contributed by atoms with E-state index in [1.165, 1.54) is 37.5 Å². The minimum Gasteiger partial charge on any atom is -0.226 e. The quantitative estimate of drug-likeness (QED) is 0.222. The van der Waals surface area contributed by atoms with Gasteiger partial charge in [0, 0.05) is 21.2 Å². The zero-order valence-electron chi connectivity index (χ0n) is 22.2. The normalized spacial score (nSPS) is 11.4. The number of aromatic nitrogens is 2. The molecule has 0 radical (unpaired) electrons. The van der Waals surface area contributed by atoms with Crippen LogP contribution >= 0.6 is 11.3 Å². The van der Waals surface area contributed by atoms with E-state index in [2.05, 4.69) is 146 Å². The first kappa shape index (κ1) is 23.7. The average Bonchev–Trinajstić information content (AvgIpc) is 3.43. The predicted molar refractivity (Wildman–Crippen MR) is 174 cm³/mol. The summed E-state index contributed by atoms with van der Waals surface area (Å²) in [4.78, 5) is 10.4. The Morgan fingerprint density at radius 1 is 0.415 bits per heavy atom. The lowest BCUT2D eigenvalue weighted by Gasteiger charge is -2.10. The Hall–Kier alpha value is -5.12. The number of benzene rings is 6. The molecule has 2 aromatic heterocycles. The molecule has 0 aliphatic rings. The molecular weight excluding hydrogens is 516 g/mol. The maximum absolute atomic E-state index is 5.26. The van der Waals surface area contributed by atoms with E-state index in [1.54, 1.807) is 11.3 Å². The summed E-state index contributed by atoms with van der Waals surface area (Å²) in [6.45, 7) is 0. The fraction of sp³-hybridized carbons (Fsp3) is 0. The van der Waals surface area contributed by atoms with E-state index in [9.17, 15) is 0 Å². The Morgan fingerprint density at radius 3 is 1.93 bits per heavy atom. The van der Waals surface area contributed by atoms with Crippen molar-refractivity contribution in [1.82, 2.24) is 9.97 Å². The first-order chi connectivity index (χ1) is 20.3. The zero-order chi connectivity index (χ0) is 27.2. The van der Waals surface area contributed by atoms with Gasteiger partial charge >= 0.3 is 0 Å². The third-order valence-electron chi connectivity index (χ3n) is 7.67. The summed E-state index contributed by atoms with van der Waals surface area (Å²) in [6, 6.07) is 51.4. The lowest BCUT2D eigenvalue weighted by molar-refractivity contribution is 1.24. The van der Waals surface area contributed by atoms with E-state index in [1.807, 2.05) is 0 Å². The van der Waals surface area contributed by atoms with Crippen molar-refractivity contribution in [2.75, 3.05) is 0 Å². The maximum Gasteiger partial charge on any atom is 0.160 e. The van der Waals surface area contributed by atoms with Gasteiger partial charge in [0.2, 0.25) is 0 Å². The Morgan fingerprint density at radius 2 is 1.05 bits per heavy atom. The van der Waals surface area contributed by atoms with Crippen LogP contribution in [0.1, 0.15) is 0 Å². The van der Waals surface area contributed by atoms with Crippen molar-refractivity contribution in [2.45, 2.75) is 0 Å². The van der Waals surface area contributed by atoms with Crippen molar-refractivity contribution in [2.24, 2.45) is 0 Å². The SMILES string of the molecule is c1ccc(-c2cccc(-c3nc(-c4cccc(-c5ccc6ccccc6c5)c4)nc4c3sc3ccccc34)c2)cc1. The van der Waals surface area contributed by atoms with Crippen molar-refractivity contribution >= 4 is 42.4 Å². The van der Waals surface area contributed by atoms with E-state index in [0.717, 1.165) is 38.4 Å². The topological polar surface area (TPSA) is 25.8 Å². The largest absolute Gasteiger partial charge is 0.226 e. The fourth-order valence-electron chi connectivity index (χ4n) is 5.60. The lowest BCUT2D eigenvalue weighted by atomic mass is 9.99. The van der Waals surface area contributed by atoms with Crippen LogP contribution in [0.15, 0.2) is 146 Å². The molecule has 0 amide bonds. The Balaban J connectivity index is 1.32. The molecule has 2 nitrogen and oxygen atoms in total. The summed E-state index contributed by atoms with van der Waals surface area (Å²) in [5, 5.41) is 3.65. The highest BCUT2D eigenvalue weighted by Crippen LogP contribution is 2.40. The van der Waals surface area contributed by atoms with Gasteiger partial charge in [-0.2, -0.15) is 0 Å². The summed E-state index contributed by atoms with van der Waals surface area (Å²) in [5.74, 6) is 0.740. The van der Waals surface area contributed by atoms with E-state index in [0.29, 0.717) is 0 Å². The van der Waals surface area contributed by atoms with Crippen LogP contribution in [-0.4, -0.2) is 9.97 Å². The van der Waals surface area contributed by atoms with Crippen LogP contribution in [-0.2, 0) is 0 Å². The molecule has 0 N–H and O–H groups in total. The highest BCUT2D eigenvalue weighted by Gasteiger charge is 2.17. The van der Waals surface area contributed by atoms with Crippen molar-refractivity contribution < 1.29 is 0 Å². The number of thiophene rings is 1. The fourth-order valence-corrected chi connectivity index (χ4v) is 6.75. The van der Waals surface area contributed by atoms with Crippen molar-refractivity contribution in [3.05, 3.63) is 146 Å². The molecule has 0 spiro atoms. The van der Waals surface area contributed by atoms with E-state index >= 15 is 0 Å².